The van der Waals surface area contributed by atoms with Crippen LogP contribution in [0, 0.1) is 0 Å². The number of nitrogens with one attached hydrogen (secondary N) is 2. The average Bonchev–Trinajstić information content (AvgIpc) is 2.74. The zero-order valence-electron chi connectivity index (χ0n) is 18.0. The van der Waals surface area contributed by atoms with E-state index in [1.807, 2.05) is 6.92 Å². The Morgan fingerprint density at radius 2 is 1.88 bits per heavy atom. The van der Waals surface area contributed by atoms with Crippen molar-refractivity contribution in [2.45, 2.75) is 44.7 Å². The van der Waals surface area contributed by atoms with Gasteiger partial charge in [-0.2, -0.15) is 11.8 Å². The number of thioether (sulfide) groups is 1. The molecule has 0 saturated heterocycles. The fourth-order valence-corrected chi connectivity index (χ4v) is 3.00. The van der Waals surface area contributed by atoms with E-state index in [9.17, 15) is 24.0 Å². The molecule has 0 aliphatic heterocycles. The summed E-state index contributed by atoms with van der Waals surface area (Å²) in [5, 5.41) is 25.7. The second-order valence-electron chi connectivity index (χ2n) is 6.44. The van der Waals surface area contributed by atoms with Crippen molar-refractivity contribution in [3.8, 4) is 0 Å². The summed E-state index contributed by atoms with van der Waals surface area (Å²) in [4.78, 5) is 62.5. The Hall–Kier alpha value is -2.87. The molecule has 0 fully saturated rings. The summed E-state index contributed by atoms with van der Waals surface area (Å²) in [6.45, 7) is 1.50. The summed E-state index contributed by atoms with van der Waals surface area (Å²) >= 11 is 1.06. The fraction of sp³-hybridized carbons (Fsp3) is 0.667. The minimum atomic E-state index is -1.27. The second-order valence-corrected chi connectivity index (χ2v) is 7.47. The molecule has 2 amide bonds. The Bertz CT molecular complexity index is 687. The average molecular weight is 479 g/mol. The van der Waals surface area contributed by atoms with Gasteiger partial charge in [0.2, 0.25) is 11.8 Å². The number of rotatable bonds is 17. The highest BCUT2D eigenvalue weighted by Crippen LogP contribution is 2.07. The summed E-state index contributed by atoms with van der Waals surface area (Å²) in [6, 6.07) is -2.38. The minimum absolute atomic E-state index is 0.00126. The quantitative estimate of drug-likeness (QED) is 0.0737. The largest absolute Gasteiger partial charge is 0.480 e. The maximum atomic E-state index is 12.3. The van der Waals surface area contributed by atoms with Gasteiger partial charge in [0.15, 0.2) is 5.71 Å². The molecule has 0 aromatic carbocycles. The number of aliphatic carboxylic acids is 2. The van der Waals surface area contributed by atoms with Gasteiger partial charge in [0, 0.05) is 17.9 Å². The number of nitrogens with two attached hydrogens (primary N) is 1. The van der Waals surface area contributed by atoms with E-state index in [4.69, 9.17) is 20.7 Å². The summed E-state index contributed by atoms with van der Waals surface area (Å²) in [5.41, 5.74) is 5.32. The lowest BCUT2D eigenvalue weighted by Crippen LogP contribution is -2.49. The monoisotopic (exact) mass is 478 g/mol. The van der Waals surface area contributed by atoms with E-state index in [1.165, 1.54) is 7.11 Å². The van der Waals surface area contributed by atoms with Crippen molar-refractivity contribution in [3.63, 3.8) is 0 Å². The first-order chi connectivity index (χ1) is 15.1. The highest BCUT2D eigenvalue weighted by molar-refractivity contribution is 8.00. The molecule has 0 rings (SSSR count). The Labute approximate surface area is 189 Å². The number of ether oxygens (including phenoxy) is 1. The molecular formula is C18H30N4O9S. The van der Waals surface area contributed by atoms with Crippen molar-refractivity contribution >= 4 is 47.2 Å². The standard InChI is InChI=1S/C18H30N4O9S/c1-3-4-7-31-18(29)13(22-30-2)10-32-9-12(16(26)20-8-15(24)25)21-14(23)6-5-11(19)17(27)28/h11-12H,3-10,19H2,1-2H3,(H,20,26)(H,21,23)(H,24,25)(H,27,28). The number of unbranched alkanes of at least 4 members (excludes halogenated alkanes) is 1. The van der Waals surface area contributed by atoms with Crippen LogP contribution in [0.4, 0.5) is 0 Å². The predicted molar refractivity (Wildman–Crippen MR) is 115 cm³/mol. The Morgan fingerprint density at radius 1 is 1.19 bits per heavy atom. The van der Waals surface area contributed by atoms with Crippen LogP contribution in [0.25, 0.3) is 0 Å². The number of esters is 1. The number of carboxylic acids is 2. The van der Waals surface area contributed by atoms with Crippen LogP contribution in [0.5, 0.6) is 0 Å². The van der Waals surface area contributed by atoms with Crippen LogP contribution < -0.4 is 16.4 Å². The number of carboxylic acid groups (broad SMARTS) is 2. The van der Waals surface area contributed by atoms with E-state index in [-0.39, 0.29) is 36.7 Å². The van der Waals surface area contributed by atoms with Gasteiger partial charge in [-0.1, -0.05) is 18.5 Å². The van der Waals surface area contributed by atoms with Crippen molar-refractivity contribution in [1.82, 2.24) is 10.6 Å². The third-order valence-electron chi connectivity index (χ3n) is 3.76. The normalized spacial score (nSPS) is 12.9. The number of oxime groups is 1. The van der Waals surface area contributed by atoms with Crippen LogP contribution in [0.3, 0.4) is 0 Å². The maximum absolute atomic E-state index is 12.3. The SMILES string of the molecule is CCCCOC(=O)C(CSCC(NC(=O)CCC(N)C(=O)O)C(=O)NCC(=O)O)=NOC. The van der Waals surface area contributed by atoms with E-state index >= 15 is 0 Å². The molecule has 0 heterocycles. The molecule has 6 N–H and O–H groups in total. The molecule has 0 saturated carbocycles. The zero-order valence-corrected chi connectivity index (χ0v) is 18.8. The number of carbonyl (C=O) groups is 5. The Kier molecular flexibility index (Phi) is 15.3. The molecule has 0 bridgehead atoms. The van der Waals surface area contributed by atoms with Crippen LogP contribution in [-0.4, -0.2) is 89.5 Å². The van der Waals surface area contributed by atoms with E-state index in [0.717, 1.165) is 18.2 Å². The number of carbonyl (C=O) groups excluding carboxylic acids is 3. The first-order valence-corrected chi connectivity index (χ1v) is 10.9. The van der Waals surface area contributed by atoms with Crippen molar-refractivity contribution in [1.29, 1.82) is 0 Å². The third-order valence-corrected chi connectivity index (χ3v) is 4.80. The topological polar surface area (TPSA) is 207 Å². The number of hydrogen-bond acceptors (Lipinski definition) is 10. The summed E-state index contributed by atoms with van der Waals surface area (Å²) in [5.74, 6) is -4.64. The Balaban J connectivity index is 4.95. The molecule has 182 valence electrons. The van der Waals surface area contributed by atoms with Gasteiger partial charge in [0.25, 0.3) is 0 Å². The Morgan fingerprint density at radius 3 is 2.44 bits per heavy atom. The summed E-state index contributed by atoms with van der Waals surface area (Å²) < 4.78 is 5.07. The number of nitrogens with zero attached hydrogens (tertiary/aromatic N) is 1. The molecule has 2 unspecified atom stereocenters. The molecule has 0 aliphatic carbocycles. The first kappa shape index (κ1) is 29.1. The highest BCUT2D eigenvalue weighted by atomic mass is 32.2. The van der Waals surface area contributed by atoms with Crippen molar-refractivity contribution < 1.29 is 43.8 Å². The lowest BCUT2D eigenvalue weighted by atomic mass is 10.1. The molecule has 0 radical (unpaired) electrons. The molecule has 0 aromatic rings. The van der Waals surface area contributed by atoms with Gasteiger partial charge in [0.1, 0.15) is 25.7 Å². The molecule has 13 nitrogen and oxygen atoms in total. The summed E-state index contributed by atoms with van der Waals surface area (Å²) in [7, 11) is 1.26. The molecule has 14 heteroatoms. The second kappa shape index (κ2) is 16.8. The molecule has 0 spiro atoms. The van der Waals surface area contributed by atoms with Crippen LogP contribution in [0.15, 0.2) is 5.16 Å². The van der Waals surface area contributed by atoms with Gasteiger partial charge in [-0.05, 0) is 12.8 Å². The molecule has 32 heavy (non-hydrogen) atoms. The number of hydrogen-bond donors (Lipinski definition) is 5. The van der Waals surface area contributed by atoms with Crippen molar-refractivity contribution in [3.05, 3.63) is 0 Å². The smallest absolute Gasteiger partial charge is 0.356 e. The maximum Gasteiger partial charge on any atom is 0.356 e. The van der Waals surface area contributed by atoms with Gasteiger partial charge in [-0.15, -0.1) is 0 Å². The summed E-state index contributed by atoms with van der Waals surface area (Å²) in [6.07, 6.45) is 1.12. The van der Waals surface area contributed by atoms with E-state index in [1.54, 1.807) is 0 Å². The van der Waals surface area contributed by atoms with E-state index in [0.29, 0.717) is 6.42 Å². The van der Waals surface area contributed by atoms with Crippen LogP contribution in [0.2, 0.25) is 0 Å². The van der Waals surface area contributed by atoms with Crippen molar-refractivity contribution in [2.24, 2.45) is 10.9 Å². The lowest BCUT2D eigenvalue weighted by molar-refractivity contribution is -0.139. The highest BCUT2D eigenvalue weighted by Gasteiger charge is 2.24. The number of amides is 2. The molecule has 0 aromatic heterocycles. The first-order valence-electron chi connectivity index (χ1n) is 9.74. The van der Waals surface area contributed by atoms with E-state index < -0.39 is 48.4 Å². The predicted octanol–water partition coefficient (Wildman–Crippen LogP) is -1.06. The van der Waals surface area contributed by atoms with E-state index in [2.05, 4.69) is 20.6 Å². The van der Waals surface area contributed by atoms with Gasteiger partial charge in [0.05, 0.1) is 6.61 Å². The van der Waals surface area contributed by atoms with Crippen LogP contribution >= 0.6 is 11.8 Å². The minimum Gasteiger partial charge on any atom is -0.480 e. The molecule has 0 aliphatic rings. The molecule has 2 atom stereocenters. The fourth-order valence-electron chi connectivity index (χ4n) is 2.04. The third kappa shape index (κ3) is 13.4. The molecular weight excluding hydrogens is 448 g/mol. The van der Waals surface area contributed by atoms with Gasteiger partial charge in [-0.25, -0.2) is 4.79 Å². The van der Waals surface area contributed by atoms with Crippen molar-refractivity contribution in [2.75, 3.05) is 31.8 Å². The van der Waals surface area contributed by atoms with Crippen LogP contribution in [0.1, 0.15) is 32.6 Å². The van der Waals surface area contributed by atoms with Gasteiger partial charge >= 0.3 is 17.9 Å². The lowest BCUT2D eigenvalue weighted by Gasteiger charge is -2.18. The zero-order chi connectivity index (χ0) is 24.5. The van der Waals surface area contributed by atoms with Crippen LogP contribution in [-0.2, 0) is 33.5 Å². The van der Waals surface area contributed by atoms with Gasteiger partial charge in [-0.3, -0.25) is 19.2 Å². The van der Waals surface area contributed by atoms with Gasteiger partial charge < -0.3 is 36.2 Å².